The Kier molecular flexibility index (Phi) is 13.5. The molecule has 8 rings (SSSR count). The van der Waals surface area contributed by atoms with Crippen molar-refractivity contribution in [3.8, 4) is 0 Å². The van der Waals surface area contributed by atoms with Crippen LogP contribution in [0.1, 0.15) is 99.8 Å². The molecule has 0 amide bonds. The van der Waals surface area contributed by atoms with E-state index in [0.29, 0.717) is 32.1 Å². The zero-order chi connectivity index (χ0) is 49.3. The standard InChI is InChI=1S/C47H74O20/c1-42(2)16-20-19-8-9-23-44(4)12-11-24(63-41-34(29(54)28(53)33(65-41)38(60)61)66-40-31(56)26(51)27(52)32(64-40)37(58)59)45(5,18-48)22(44)10-13-47(23,7)46(19,6)15-14-43(20,3)36(35(42)57)67-39-30(55)25(50)21(49)17-62-39/h8,20-36,39-41,48-57H,9-18H2,1-7H3,(H,58,59)(H,60,61). The molecule has 0 aromatic carbocycles. The summed E-state index contributed by atoms with van der Waals surface area (Å²) >= 11 is 0. The third-order valence-corrected chi connectivity index (χ3v) is 19.3. The molecule has 4 saturated carbocycles. The lowest BCUT2D eigenvalue weighted by Crippen LogP contribution is -2.69. The summed E-state index contributed by atoms with van der Waals surface area (Å²) in [5, 5.41) is 128. The summed E-state index contributed by atoms with van der Waals surface area (Å²) in [4.78, 5) is 24.2. The van der Waals surface area contributed by atoms with Crippen molar-refractivity contribution < 1.29 is 99.3 Å². The lowest BCUT2D eigenvalue weighted by Gasteiger charge is -2.72. The van der Waals surface area contributed by atoms with Gasteiger partial charge in [0.25, 0.3) is 0 Å². The van der Waals surface area contributed by atoms with E-state index in [0.717, 1.165) is 19.3 Å². The Morgan fingerprint density at radius 1 is 0.657 bits per heavy atom. The van der Waals surface area contributed by atoms with Crippen LogP contribution in [0.5, 0.6) is 0 Å². The maximum absolute atomic E-state index is 12.3. The molecule has 3 saturated heterocycles. The number of aliphatic hydroxyl groups is 10. The van der Waals surface area contributed by atoms with Gasteiger partial charge in [-0.2, -0.15) is 0 Å². The van der Waals surface area contributed by atoms with Gasteiger partial charge in [-0.1, -0.05) is 60.1 Å². The van der Waals surface area contributed by atoms with E-state index in [1.807, 2.05) is 20.8 Å². The number of aliphatic hydroxyl groups excluding tert-OH is 10. The van der Waals surface area contributed by atoms with E-state index in [1.165, 1.54) is 5.57 Å². The number of hydrogen-bond acceptors (Lipinski definition) is 18. The van der Waals surface area contributed by atoms with E-state index in [1.54, 1.807) is 0 Å². The Hall–Kier alpha value is -1.96. The first kappa shape index (κ1) is 51.4. The van der Waals surface area contributed by atoms with Crippen LogP contribution in [0.25, 0.3) is 0 Å². The van der Waals surface area contributed by atoms with E-state index in [4.69, 9.17) is 28.4 Å². The second-order valence-electron chi connectivity index (χ2n) is 23.2. The van der Waals surface area contributed by atoms with E-state index in [-0.39, 0.29) is 47.2 Å². The Balaban J connectivity index is 1.07. The van der Waals surface area contributed by atoms with Gasteiger partial charge in [-0.15, -0.1) is 0 Å². The van der Waals surface area contributed by atoms with Crippen LogP contribution in [0.2, 0.25) is 0 Å². The Morgan fingerprint density at radius 2 is 1.27 bits per heavy atom. The minimum atomic E-state index is -2.09. The second-order valence-corrected chi connectivity index (χ2v) is 23.2. The summed E-state index contributed by atoms with van der Waals surface area (Å²) in [6, 6.07) is 0. The average Bonchev–Trinajstić information content (AvgIpc) is 3.26. The summed E-state index contributed by atoms with van der Waals surface area (Å²) < 4.78 is 35.7. The van der Waals surface area contributed by atoms with E-state index < -0.39 is 133 Å². The van der Waals surface area contributed by atoms with Crippen LogP contribution in [-0.2, 0) is 38.0 Å². The fourth-order valence-electron chi connectivity index (χ4n) is 14.9. The summed E-state index contributed by atoms with van der Waals surface area (Å²) in [5.74, 6) is -3.36. The van der Waals surface area contributed by atoms with E-state index in [9.17, 15) is 70.9 Å². The highest BCUT2D eigenvalue weighted by Gasteiger charge is 2.71. The van der Waals surface area contributed by atoms with Gasteiger partial charge in [0, 0.05) is 10.8 Å². The molecule has 3 aliphatic heterocycles. The molecular weight excluding hydrogens is 884 g/mol. The molecule has 0 aromatic rings. The first-order valence-electron chi connectivity index (χ1n) is 23.9. The van der Waals surface area contributed by atoms with E-state index >= 15 is 0 Å². The largest absolute Gasteiger partial charge is 0.479 e. The van der Waals surface area contributed by atoms with Crippen LogP contribution >= 0.6 is 0 Å². The Bertz CT molecular complexity index is 1900. The van der Waals surface area contributed by atoms with E-state index in [2.05, 4.69) is 33.8 Å². The molecule has 0 aromatic heterocycles. The molecule has 67 heavy (non-hydrogen) atoms. The zero-order valence-electron chi connectivity index (χ0n) is 39.3. The van der Waals surface area contributed by atoms with Crippen LogP contribution in [0.3, 0.4) is 0 Å². The average molecular weight is 959 g/mol. The molecule has 0 radical (unpaired) electrons. The van der Waals surface area contributed by atoms with Gasteiger partial charge in [-0.3, -0.25) is 0 Å². The van der Waals surface area contributed by atoms with Crippen molar-refractivity contribution in [2.75, 3.05) is 13.2 Å². The van der Waals surface area contributed by atoms with Crippen molar-refractivity contribution in [3.63, 3.8) is 0 Å². The summed E-state index contributed by atoms with van der Waals surface area (Å²) in [6.07, 6.45) is -20.3. The molecule has 7 fully saturated rings. The number of hydrogen-bond donors (Lipinski definition) is 12. The van der Waals surface area contributed by atoms with Gasteiger partial charge in [0.15, 0.2) is 31.1 Å². The number of fused-ring (bicyclic) bond motifs is 7. The lowest BCUT2D eigenvalue weighted by atomic mass is 9.33. The van der Waals surface area contributed by atoms with Crippen molar-refractivity contribution in [1.82, 2.24) is 0 Å². The molecule has 382 valence electrons. The van der Waals surface area contributed by atoms with Crippen molar-refractivity contribution in [3.05, 3.63) is 11.6 Å². The predicted octanol–water partition coefficient (Wildman–Crippen LogP) is -0.621. The Labute approximate surface area is 389 Å². The molecule has 20 heteroatoms. The SMILES string of the molecule is CC1(C)CC2C3=CCC4C5(C)CCC(OC6OC(C(=O)O)C(O)C(O)C6OC6OC(C(=O)O)C(O)C(O)C6O)C(C)(CO)C5CCC4(C)C3(C)CCC2(C)C(OC2OCC(O)C(O)C2O)C1O. The third-order valence-electron chi connectivity index (χ3n) is 19.3. The molecule has 25 atom stereocenters. The highest BCUT2D eigenvalue weighted by Crippen LogP contribution is 2.76. The quantitative estimate of drug-likeness (QED) is 0.101. The third kappa shape index (κ3) is 7.78. The molecular formula is C47H74O20. The van der Waals surface area contributed by atoms with Gasteiger partial charge >= 0.3 is 11.9 Å². The van der Waals surface area contributed by atoms with Crippen LogP contribution < -0.4 is 0 Å². The molecule has 12 N–H and O–H groups in total. The highest BCUT2D eigenvalue weighted by atomic mass is 16.8. The Morgan fingerprint density at radius 3 is 1.90 bits per heavy atom. The maximum Gasteiger partial charge on any atom is 0.335 e. The number of ether oxygens (including phenoxy) is 6. The first-order chi connectivity index (χ1) is 31.1. The summed E-state index contributed by atoms with van der Waals surface area (Å²) in [6.45, 7) is 14.5. The summed E-state index contributed by atoms with van der Waals surface area (Å²) in [7, 11) is 0. The van der Waals surface area contributed by atoms with Crippen molar-refractivity contribution in [1.29, 1.82) is 0 Å². The van der Waals surface area contributed by atoms with Crippen molar-refractivity contribution in [2.45, 2.75) is 204 Å². The number of carboxylic acids is 2. The van der Waals surface area contributed by atoms with Gasteiger partial charge in [-0.25, -0.2) is 9.59 Å². The molecule has 25 unspecified atom stereocenters. The van der Waals surface area contributed by atoms with Crippen molar-refractivity contribution in [2.24, 2.45) is 50.2 Å². The number of carbonyl (C=O) groups is 2. The van der Waals surface area contributed by atoms with Gasteiger partial charge in [0.1, 0.15) is 54.9 Å². The fraction of sp³-hybridized carbons (Fsp3) is 0.915. The normalized spacial score (nSPS) is 55.2. The number of carboxylic acid groups (broad SMARTS) is 2. The molecule has 20 nitrogen and oxygen atoms in total. The van der Waals surface area contributed by atoms with Crippen molar-refractivity contribution >= 4 is 11.9 Å². The summed E-state index contributed by atoms with van der Waals surface area (Å²) in [5.41, 5.74) is -1.75. The molecule has 0 bridgehead atoms. The number of allylic oxidation sites excluding steroid dienone is 2. The number of rotatable bonds is 9. The van der Waals surface area contributed by atoms with Crippen LogP contribution in [-0.4, -0.2) is 191 Å². The van der Waals surface area contributed by atoms with Gasteiger partial charge in [0.2, 0.25) is 0 Å². The lowest BCUT2D eigenvalue weighted by molar-refractivity contribution is -0.373. The van der Waals surface area contributed by atoms with Gasteiger partial charge in [-0.05, 0) is 90.8 Å². The van der Waals surface area contributed by atoms with Crippen LogP contribution in [0, 0.1) is 50.2 Å². The van der Waals surface area contributed by atoms with Crippen LogP contribution in [0.15, 0.2) is 11.6 Å². The smallest absolute Gasteiger partial charge is 0.335 e. The molecule has 5 aliphatic carbocycles. The topological polar surface area (TPSA) is 332 Å². The van der Waals surface area contributed by atoms with Gasteiger partial charge in [0.05, 0.1) is 31.5 Å². The molecule has 3 heterocycles. The minimum absolute atomic E-state index is 0.0151. The first-order valence-corrected chi connectivity index (χ1v) is 23.9. The van der Waals surface area contributed by atoms with Crippen LogP contribution in [0.4, 0.5) is 0 Å². The predicted molar refractivity (Wildman–Crippen MR) is 228 cm³/mol. The molecule has 0 spiro atoms. The number of aliphatic carboxylic acids is 2. The maximum atomic E-state index is 12.3. The zero-order valence-corrected chi connectivity index (χ0v) is 39.3. The minimum Gasteiger partial charge on any atom is -0.479 e. The fourth-order valence-corrected chi connectivity index (χ4v) is 14.9. The highest BCUT2D eigenvalue weighted by molar-refractivity contribution is 5.74. The monoisotopic (exact) mass is 958 g/mol. The second kappa shape index (κ2) is 17.7. The molecule has 8 aliphatic rings. The van der Waals surface area contributed by atoms with Gasteiger partial charge < -0.3 is 89.7 Å².